The highest BCUT2D eigenvalue weighted by molar-refractivity contribution is 5.94. The Kier molecular flexibility index (Phi) is 1.41. The van der Waals surface area contributed by atoms with Crippen LogP contribution < -0.4 is 4.98 Å². The third-order valence-electron chi connectivity index (χ3n) is 3.39. The summed E-state index contributed by atoms with van der Waals surface area (Å²) in [4.78, 5) is 4.73. The second-order valence-corrected chi connectivity index (χ2v) is 4.29. The molecule has 0 spiro atoms. The van der Waals surface area contributed by atoms with Crippen molar-refractivity contribution < 1.29 is 0 Å². The summed E-state index contributed by atoms with van der Waals surface area (Å²) >= 11 is 0. The fraction of sp³-hybridized carbons (Fsp3) is 0.0667. The first-order valence-corrected chi connectivity index (χ1v) is 5.56. The smallest absolute Gasteiger partial charge is 0.00267 e. The standard InChI is InChI=1S/C15H10N/c1-2-6-11-10(5-1)9-13-12-7-3-4-8-14(12)16-15(11)13/h1-8H,9H2/q-1. The van der Waals surface area contributed by atoms with Gasteiger partial charge in [0.1, 0.15) is 0 Å². The van der Waals surface area contributed by atoms with Crippen molar-refractivity contribution in [2.24, 2.45) is 0 Å². The highest BCUT2D eigenvalue weighted by Gasteiger charge is 2.15. The number of fused-ring (bicyclic) bond motifs is 5. The van der Waals surface area contributed by atoms with E-state index in [2.05, 4.69) is 48.5 Å². The Morgan fingerprint density at radius 1 is 0.875 bits per heavy atom. The summed E-state index contributed by atoms with van der Waals surface area (Å²) in [6.07, 6.45) is 1.03. The van der Waals surface area contributed by atoms with Crippen molar-refractivity contribution in [2.45, 2.75) is 6.42 Å². The molecule has 1 heteroatoms. The molecule has 1 aliphatic rings. The van der Waals surface area contributed by atoms with Gasteiger partial charge in [-0.05, 0) is 22.9 Å². The Bertz CT molecular complexity index is 691. The molecule has 76 valence electrons. The van der Waals surface area contributed by atoms with Crippen LogP contribution >= 0.6 is 0 Å². The minimum atomic E-state index is 1.03. The van der Waals surface area contributed by atoms with Crippen LogP contribution in [0.1, 0.15) is 11.1 Å². The minimum absolute atomic E-state index is 1.03. The van der Waals surface area contributed by atoms with Crippen molar-refractivity contribution in [1.29, 1.82) is 0 Å². The van der Waals surface area contributed by atoms with Gasteiger partial charge in [0.2, 0.25) is 0 Å². The molecule has 2 aromatic carbocycles. The Balaban J connectivity index is 2.12. The van der Waals surface area contributed by atoms with Gasteiger partial charge in [-0.15, -0.1) is 11.2 Å². The fourth-order valence-electron chi connectivity index (χ4n) is 2.64. The molecule has 0 saturated heterocycles. The molecule has 1 nitrogen and oxygen atoms in total. The van der Waals surface area contributed by atoms with Crippen LogP contribution in [0.5, 0.6) is 0 Å². The molecule has 1 aliphatic carbocycles. The number of hydrogen-bond donors (Lipinski definition) is 0. The first-order valence-electron chi connectivity index (χ1n) is 5.56. The van der Waals surface area contributed by atoms with Gasteiger partial charge >= 0.3 is 0 Å². The number of para-hydroxylation sites is 1. The fourth-order valence-corrected chi connectivity index (χ4v) is 2.64. The molecule has 0 unspecified atom stereocenters. The number of hydrogen-bond acceptors (Lipinski definition) is 0. The molecule has 1 aromatic heterocycles. The lowest BCUT2D eigenvalue weighted by Crippen LogP contribution is -1.81. The van der Waals surface area contributed by atoms with Crippen LogP contribution in [-0.4, -0.2) is 0 Å². The van der Waals surface area contributed by atoms with Crippen LogP contribution in [0, 0.1) is 0 Å². The largest absolute Gasteiger partial charge is 0.657 e. The van der Waals surface area contributed by atoms with E-state index in [0.29, 0.717) is 0 Å². The van der Waals surface area contributed by atoms with Gasteiger partial charge in [-0.1, -0.05) is 54.1 Å². The normalized spacial score (nSPS) is 12.8. The molecule has 3 aromatic rings. The molecule has 0 radical (unpaired) electrons. The van der Waals surface area contributed by atoms with Crippen molar-refractivity contribution >= 4 is 10.9 Å². The maximum atomic E-state index is 4.73. The summed E-state index contributed by atoms with van der Waals surface area (Å²) in [5, 5.41) is 1.31. The molecule has 0 atom stereocenters. The second-order valence-electron chi connectivity index (χ2n) is 4.29. The Morgan fingerprint density at radius 2 is 1.69 bits per heavy atom. The van der Waals surface area contributed by atoms with Crippen LogP contribution in [0.2, 0.25) is 0 Å². The van der Waals surface area contributed by atoms with E-state index in [-0.39, 0.29) is 0 Å². The first-order chi connectivity index (χ1) is 7.93. The zero-order valence-electron chi connectivity index (χ0n) is 8.77. The molecule has 1 heterocycles. The van der Waals surface area contributed by atoms with E-state index < -0.39 is 0 Å². The second kappa shape index (κ2) is 2.76. The van der Waals surface area contributed by atoms with E-state index in [9.17, 15) is 0 Å². The van der Waals surface area contributed by atoms with Gasteiger partial charge in [0, 0.05) is 0 Å². The average molecular weight is 204 g/mol. The van der Waals surface area contributed by atoms with Crippen molar-refractivity contribution in [3.63, 3.8) is 0 Å². The van der Waals surface area contributed by atoms with Gasteiger partial charge < -0.3 is 4.98 Å². The number of benzene rings is 2. The van der Waals surface area contributed by atoms with Gasteiger partial charge in [0.15, 0.2) is 0 Å². The summed E-state index contributed by atoms with van der Waals surface area (Å²) < 4.78 is 0. The van der Waals surface area contributed by atoms with Gasteiger partial charge in [-0.25, -0.2) is 0 Å². The van der Waals surface area contributed by atoms with Gasteiger partial charge in [-0.2, -0.15) is 0 Å². The summed E-state index contributed by atoms with van der Waals surface area (Å²) in [6, 6.07) is 17.0. The topological polar surface area (TPSA) is 14.1 Å². The van der Waals surface area contributed by atoms with Gasteiger partial charge in [-0.3, -0.25) is 0 Å². The molecule has 0 saturated carbocycles. The van der Waals surface area contributed by atoms with E-state index >= 15 is 0 Å². The maximum Gasteiger partial charge on any atom is -0.00267 e. The summed E-state index contributed by atoms with van der Waals surface area (Å²) in [5.74, 6) is 0. The minimum Gasteiger partial charge on any atom is -0.657 e. The third-order valence-corrected chi connectivity index (χ3v) is 3.39. The van der Waals surface area contributed by atoms with E-state index in [1.54, 1.807) is 0 Å². The Morgan fingerprint density at radius 3 is 2.69 bits per heavy atom. The van der Waals surface area contributed by atoms with Crippen LogP contribution in [0.25, 0.3) is 22.2 Å². The van der Waals surface area contributed by atoms with E-state index in [4.69, 9.17) is 4.98 Å². The monoisotopic (exact) mass is 204 g/mol. The predicted octanol–water partition coefficient (Wildman–Crippen LogP) is 3.37. The molecule has 0 N–H and O–H groups in total. The quantitative estimate of drug-likeness (QED) is 0.428. The summed E-state index contributed by atoms with van der Waals surface area (Å²) in [5.41, 5.74) is 6.44. The van der Waals surface area contributed by atoms with Crippen LogP contribution in [-0.2, 0) is 6.42 Å². The first kappa shape index (κ1) is 8.17. The van der Waals surface area contributed by atoms with E-state index in [1.165, 1.54) is 27.8 Å². The van der Waals surface area contributed by atoms with E-state index in [0.717, 1.165) is 11.9 Å². The predicted molar refractivity (Wildman–Crippen MR) is 65.5 cm³/mol. The number of nitrogens with zero attached hydrogens (tertiary/aromatic N) is 1. The van der Waals surface area contributed by atoms with Crippen LogP contribution in [0.3, 0.4) is 0 Å². The van der Waals surface area contributed by atoms with Crippen molar-refractivity contribution in [1.82, 2.24) is 4.98 Å². The van der Waals surface area contributed by atoms with E-state index in [1.807, 2.05) is 0 Å². The molecule has 0 aliphatic heterocycles. The highest BCUT2D eigenvalue weighted by Crippen LogP contribution is 2.39. The Labute approximate surface area is 93.7 Å². The highest BCUT2D eigenvalue weighted by atomic mass is 14.7. The Hall–Kier alpha value is -2.02. The van der Waals surface area contributed by atoms with Crippen LogP contribution in [0.15, 0.2) is 48.5 Å². The lowest BCUT2D eigenvalue weighted by atomic mass is 10.1. The number of aromatic nitrogens is 1. The van der Waals surface area contributed by atoms with Gasteiger partial charge in [0.25, 0.3) is 0 Å². The zero-order chi connectivity index (χ0) is 10.5. The molecular formula is C15H10N-. The lowest BCUT2D eigenvalue weighted by molar-refractivity contribution is 1.29. The molecule has 4 rings (SSSR count). The third kappa shape index (κ3) is 0.904. The zero-order valence-corrected chi connectivity index (χ0v) is 8.77. The SMILES string of the molecule is c1ccc2c(c1)Cc1c-2[n-]c2ccccc12. The average Bonchev–Trinajstić information content (AvgIpc) is 2.85. The molecule has 0 bridgehead atoms. The molecule has 0 amide bonds. The van der Waals surface area contributed by atoms with Crippen molar-refractivity contribution in [2.75, 3.05) is 0 Å². The van der Waals surface area contributed by atoms with Crippen LogP contribution in [0.4, 0.5) is 0 Å². The molecular weight excluding hydrogens is 194 g/mol. The van der Waals surface area contributed by atoms with Crippen molar-refractivity contribution in [3.8, 4) is 11.3 Å². The molecule has 16 heavy (non-hydrogen) atoms. The summed E-state index contributed by atoms with van der Waals surface area (Å²) in [6.45, 7) is 0. The molecule has 0 fully saturated rings. The van der Waals surface area contributed by atoms with Gasteiger partial charge in [0.05, 0.1) is 0 Å². The summed E-state index contributed by atoms with van der Waals surface area (Å²) in [7, 11) is 0. The number of rotatable bonds is 0. The maximum absolute atomic E-state index is 4.73. The lowest BCUT2D eigenvalue weighted by Gasteiger charge is -2.06. The van der Waals surface area contributed by atoms with Crippen molar-refractivity contribution in [3.05, 3.63) is 59.7 Å².